The number of nitrogens with one attached hydrogen (secondary N) is 1. The smallest absolute Gasteiger partial charge is 0.202 e. The molecule has 55 valence electrons. The molecule has 0 fully saturated rings. The Labute approximate surface area is 58.4 Å². The molecule has 0 aliphatic carbocycles. The Morgan fingerprint density at radius 3 is 2.80 bits per heavy atom. The van der Waals surface area contributed by atoms with Gasteiger partial charge in [-0.3, -0.25) is 0 Å². The van der Waals surface area contributed by atoms with Gasteiger partial charge in [0.2, 0.25) is 5.79 Å². The van der Waals surface area contributed by atoms with Crippen molar-refractivity contribution in [1.29, 1.82) is 0 Å². The van der Waals surface area contributed by atoms with Gasteiger partial charge >= 0.3 is 0 Å². The van der Waals surface area contributed by atoms with Gasteiger partial charge in [-0.25, -0.2) is 8.78 Å². The molecule has 0 saturated heterocycles. The third kappa shape index (κ3) is 1.35. The van der Waals surface area contributed by atoms with Crippen molar-refractivity contribution in [1.82, 2.24) is 5.32 Å². The van der Waals surface area contributed by atoms with Gasteiger partial charge in [0.25, 0.3) is 0 Å². The lowest BCUT2D eigenvalue weighted by Crippen LogP contribution is -2.36. The number of hydrogen-bond donors (Lipinski definition) is 1. The minimum Gasteiger partial charge on any atom is -0.356 e. The number of hydrogen-bond acceptors (Lipinski definition) is 1. The van der Waals surface area contributed by atoms with E-state index >= 15 is 0 Å². The van der Waals surface area contributed by atoms with Crippen molar-refractivity contribution in [3.8, 4) is 0 Å². The maximum Gasteiger partial charge on any atom is 0.202 e. The molecular formula is C7H8F2N. The van der Waals surface area contributed by atoms with Gasteiger partial charge in [-0.1, -0.05) is 0 Å². The average Bonchev–Trinajstić information content (AvgIpc) is 1.88. The van der Waals surface area contributed by atoms with E-state index < -0.39 is 11.6 Å². The molecule has 1 unspecified atom stereocenters. The highest BCUT2D eigenvalue weighted by molar-refractivity contribution is 5.21. The summed E-state index contributed by atoms with van der Waals surface area (Å²) in [6, 6.07) is 0. The van der Waals surface area contributed by atoms with E-state index in [1.807, 2.05) is 0 Å². The summed E-state index contributed by atoms with van der Waals surface area (Å²) in [4.78, 5) is 0. The second-order valence-corrected chi connectivity index (χ2v) is 2.12. The van der Waals surface area contributed by atoms with Crippen LogP contribution in [0.5, 0.6) is 0 Å². The first-order chi connectivity index (χ1) is 4.66. The molecule has 1 rings (SSSR count). The summed E-state index contributed by atoms with van der Waals surface area (Å²) < 4.78 is 25.3. The normalized spacial score (nSPS) is 31.3. The van der Waals surface area contributed by atoms with Gasteiger partial charge in [-0.15, -0.1) is 0 Å². The summed E-state index contributed by atoms with van der Waals surface area (Å²) in [6.07, 6.45) is 3.25. The highest BCUT2D eigenvalue weighted by Crippen LogP contribution is 2.20. The van der Waals surface area contributed by atoms with E-state index in [1.54, 1.807) is 0 Å². The van der Waals surface area contributed by atoms with Gasteiger partial charge in [0.15, 0.2) is 0 Å². The monoisotopic (exact) mass is 144 g/mol. The lowest BCUT2D eigenvalue weighted by Gasteiger charge is -2.22. The molecule has 10 heavy (non-hydrogen) atoms. The highest BCUT2D eigenvalue weighted by Gasteiger charge is 2.25. The van der Waals surface area contributed by atoms with Gasteiger partial charge in [0.1, 0.15) is 5.83 Å². The van der Waals surface area contributed by atoms with E-state index in [4.69, 9.17) is 0 Å². The van der Waals surface area contributed by atoms with Crippen LogP contribution in [0.2, 0.25) is 0 Å². The van der Waals surface area contributed by atoms with E-state index in [9.17, 15) is 8.78 Å². The number of allylic oxidation sites excluding steroid dienone is 2. The van der Waals surface area contributed by atoms with Crippen LogP contribution in [-0.4, -0.2) is 5.79 Å². The first kappa shape index (κ1) is 7.25. The molecule has 1 N–H and O–H groups in total. The lowest BCUT2D eigenvalue weighted by atomic mass is 10.1. The Balaban J connectivity index is 2.76. The first-order valence-corrected chi connectivity index (χ1v) is 2.97. The fourth-order valence-electron chi connectivity index (χ4n) is 0.712. The molecule has 1 aliphatic rings. The highest BCUT2D eigenvalue weighted by atomic mass is 19.2. The fraction of sp³-hybridized carbons (Fsp3) is 0.286. The van der Waals surface area contributed by atoms with Crippen molar-refractivity contribution in [2.75, 3.05) is 0 Å². The molecule has 1 nitrogen and oxygen atoms in total. The van der Waals surface area contributed by atoms with Crippen LogP contribution in [0.4, 0.5) is 8.78 Å². The number of dihydropyridines is 1. The quantitative estimate of drug-likeness (QED) is 0.554. The second kappa shape index (κ2) is 2.40. The molecule has 0 aromatic rings. The molecule has 1 radical (unpaired) electrons. The van der Waals surface area contributed by atoms with Crippen LogP contribution in [0.25, 0.3) is 0 Å². The summed E-state index contributed by atoms with van der Waals surface area (Å²) in [7, 11) is 0. The van der Waals surface area contributed by atoms with Gasteiger partial charge < -0.3 is 5.32 Å². The SMILES string of the molecule is [CH2]CC1(F)C=C(F)C=CN1. The minimum absolute atomic E-state index is 0.0231. The van der Waals surface area contributed by atoms with E-state index in [-0.39, 0.29) is 6.42 Å². The maximum absolute atomic E-state index is 13.0. The van der Waals surface area contributed by atoms with Crippen molar-refractivity contribution < 1.29 is 8.78 Å². The van der Waals surface area contributed by atoms with Crippen molar-refractivity contribution in [2.45, 2.75) is 12.2 Å². The van der Waals surface area contributed by atoms with Crippen molar-refractivity contribution in [3.05, 3.63) is 31.1 Å². The van der Waals surface area contributed by atoms with Gasteiger partial charge in [-0.05, 0) is 13.0 Å². The summed E-state index contributed by atoms with van der Waals surface area (Å²) in [5.74, 6) is -2.36. The predicted octanol–water partition coefficient (Wildman–Crippen LogP) is 1.85. The van der Waals surface area contributed by atoms with Crippen LogP contribution in [0.15, 0.2) is 24.2 Å². The van der Waals surface area contributed by atoms with E-state index in [0.29, 0.717) is 0 Å². The first-order valence-electron chi connectivity index (χ1n) is 2.97. The summed E-state index contributed by atoms with van der Waals surface area (Å²) in [5, 5.41) is 2.35. The van der Waals surface area contributed by atoms with Crippen LogP contribution < -0.4 is 5.32 Å². The Morgan fingerprint density at radius 1 is 1.70 bits per heavy atom. The Kier molecular flexibility index (Phi) is 1.74. The molecule has 0 aromatic carbocycles. The third-order valence-electron chi connectivity index (χ3n) is 1.30. The zero-order valence-electron chi connectivity index (χ0n) is 5.40. The Bertz CT molecular complexity index is 186. The molecule has 1 heterocycles. The number of alkyl halides is 1. The minimum atomic E-state index is -1.79. The number of rotatable bonds is 1. The van der Waals surface area contributed by atoms with Crippen LogP contribution in [0, 0.1) is 6.92 Å². The van der Waals surface area contributed by atoms with Crippen molar-refractivity contribution in [3.63, 3.8) is 0 Å². The van der Waals surface area contributed by atoms with Crippen LogP contribution in [0.3, 0.4) is 0 Å². The average molecular weight is 144 g/mol. The number of halogens is 2. The standard InChI is InChI=1S/C7H8F2N/c1-2-7(9)5-6(8)3-4-10-7/h3-5,10H,1-2H2. The van der Waals surface area contributed by atoms with Crippen molar-refractivity contribution >= 4 is 0 Å². The maximum atomic E-state index is 13.0. The summed E-state index contributed by atoms with van der Waals surface area (Å²) >= 11 is 0. The molecule has 0 bridgehead atoms. The molecule has 1 aliphatic heterocycles. The van der Waals surface area contributed by atoms with E-state index in [0.717, 1.165) is 12.2 Å². The van der Waals surface area contributed by atoms with Crippen LogP contribution in [-0.2, 0) is 0 Å². The molecule has 1 atom stereocenters. The van der Waals surface area contributed by atoms with Gasteiger partial charge in [0.05, 0.1) is 0 Å². The van der Waals surface area contributed by atoms with Gasteiger partial charge in [0, 0.05) is 18.7 Å². The molecule has 3 heteroatoms. The zero-order chi connectivity index (χ0) is 7.61. The fourth-order valence-corrected chi connectivity index (χ4v) is 0.712. The zero-order valence-corrected chi connectivity index (χ0v) is 5.40. The van der Waals surface area contributed by atoms with E-state index in [1.165, 1.54) is 6.20 Å². The lowest BCUT2D eigenvalue weighted by molar-refractivity contribution is 0.195. The molecule has 0 saturated carbocycles. The molecule has 0 amide bonds. The molecular weight excluding hydrogens is 136 g/mol. The predicted molar refractivity (Wildman–Crippen MR) is 35.3 cm³/mol. The summed E-state index contributed by atoms with van der Waals surface area (Å²) in [5.41, 5.74) is 0. The van der Waals surface area contributed by atoms with E-state index in [2.05, 4.69) is 12.2 Å². The van der Waals surface area contributed by atoms with Crippen LogP contribution >= 0.6 is 0 Å². The Hall–Kier alpha value is -0.860. The van der Waals surface area contributed by atoms with Crippen LogP contribution in [0.1, 0.15) is 6.42 Å². The Morgan fingerprint density at radius 2 is 2.40 bits per heavy atom. The molecule has 0 aromatic heterocycles. The largest absolute Gasteiger partial charge is 0.356 e. The molecule has 0 spiro atoms. The second-order valence-electron chi connectivity index (χ2n) is 2.12. The van der Waals surface area contributed by atoms with Gasteiger partial charge in [-0.2, -0.15) is 0 Å². The summed E-state index contributed by atoms with van der Waals surface area (Å²) in [6.45, 7) is 3.33. The third-order valence-corrected chi connectivity index (χ3v) is 1.30. The topological polar surface area (TPSA) is 12.0 Å². The van der Waals surface area contributed by atoms with Crippen molar-refractivity contribution in [2.24, 2.45) is 0 Å².